The molecule has 1 amide bonds. The smallest absolute Gasteiger partial charge is 0.257 e. The summed E-state index contributed by atoms with van der Waals surface area (Å²) in [7, 11) is 0. The molecular formula is C16H18N2OS2. The monoisotopic (exact) mass is 318 g/mol. The highest BCUT2D eigenvalue weighted by Gasteiger charge is 2.20. The minimum atomic E-state index is -0.0817. The maximum atomic E-state index is 12.2. The number of nitrogens with zero attached hydrogens (tertiary/aromatic N) is 1. The Morgan fingerprint density at radius 2 is 2.14 bits per heavy atom. The third-order valence-corrected chi connectivity index (χ3v) is 5.54. The Morgan fingerprint density at radius 1 is 1.38 bits per heavy atom. The molecule has 1 N–H and O–H groups in total. The van der Waals surface area contributed by atoms with Crippen molar-refractivity contribution in [3.05, 3.63) is 40.4 Å². The van der Waals surface area contributed by atoms with Crippen LogP contribution in [0.15, 0.2) is 29.2 Å². The number of benzene rings is 1. The number of hydrogen-bond donors (Lipinski definition) is 1. The molecule has 0 bridgehead atoms. The van der Waals surface area contributed by atoms with Crippen molar-refractivity contribution >= 4 is 34.1 Å². The lowest BCUT2D eigenvalue weighted by Crippen LogP contribution is -2.11. The summed E-state index contributed by atoms with van der Waals surface area (Å²) >= 11 is 3.29. The summed E-state index contributed by atoms with van der Waals surface area (Å²) in [6.07, 6.45) is 5.34. The van der Waals surface area contributed by atoms with Gasteiger partial charge in [0.15, 0.2) is 5.13 Å². The molecule has 5 heteroatoms. The van der Waals surface area contributed by atoms with Crippen LogP contribution in [0, 0.1) is 5.92 Å². The molecule has 110 valence electrons. The number of aromatic nitrogens is 1. The molecule has 0 spiro atoms. The van der Waals surface area contributed by atoms with Gasteiger partial charge in [0.25, 0.3) is 5.91 Å². The Labute approximate surface area is 133 Å². The highest BCUT2D eigenvalue weighted by atomic mass is 32.2. The largest absolute Gasteiger partial charge is 0.298 e. The van der Waals surface area contributed by atoms with Crippen LogP contribution in [-0.4, -0.2) is 17.1 Å². The topological polar surface area (TPSA) is 42.0 Å². The van der Waals surface area contributed by atoms with Crippen LogP contribution in [-0.2, 0) is 12.8 Å². The van der Waals surface area contributed by atoms with E-state index in [1.54, 1.807) is 23.1 Å². The first-order valence-corrected chi connectivity index (χ1v) is 9.14. The van der Waals surface area contributed by atoms with Crippen molar-refractivity contribution in [2.75, 3.05) is 11.6 Å². The lowest BCUT2D eigenvalue weighted by Gasteiger charge is -2.15. The van der Waals surface area contributed by atoms with Gasteiger partial charge < -0.3 is 0 Å². The first-order valence-electron chi connectivity index (χ1n) is 7.09. The van der Waals surface area contributed by atoms with Crippen molar-refractivity contribution < 1.29 is 4.79 Å². The molecule has 3 rings (SSSR count). The van der Waals surface area contributed by atoms with Crippen LogP contribution in [0.5, 0.6) is 0 Å². The molecule has 1 aliphatic carbocycles. The second-order valence-corrected chi connectivity index (χ2v) is 7.38. The van der Waals surface area contributed by atoms with Crippen molar-refractivity contribution in [3.8, 4) is 0 Å². The molecule has 0 saturated carbocycles. The summed E-state index contributed by atoms with van der Waals surface area (Å²) in [6.45, 7) is 2.27. The van der Waals surface area contributed by atoms with Crippen LogP contribution in [0.3, 0.4) is 0 Å². The van der Waals surface area contributed by atoms with Gasteiger partial charge in [-0.1, -0.05) is 6.92 Å². The third-order valence-electron chi connectivity index (χ3n) is 3.76. The summed E-state index contributed by atoms with van der Waals surface area (Å²) in [4.78, 5) is 19.3. The Kier molecular flexibility index (Phi) is 4.31. The fourth-order valence-electron chi connectivity index (χ4n) is 2.50. The zero-order valence-electron chi connectivity index (χ0n) is 12.2. The van der Waals surface area contributed by atoms with E-state index in [-0.39, 0.29) is 5.91 Å². The number of anilines is 1. The normalized spacial score (nSPS) is 17.3. The zero-order chi connectivity index (χ0) is 14.8. The molecule has 2 aromatic rings. The second kappa shape index (κ2) is 6.20. The summed E-state index contributed by atoms with van der Waals surface area (Å²) in [6, 6.07) is 7.65. The molecule has 0 aliphatic heterocycles. The number of amides is 1. The maximum absolute atomic E-state index is 12.2. The SMILES string of the molecule is CSc1ccc(C(=O)Nc2nc3c(s2)C[C@H](C)CC3)cc1. The van der Waals surface area contributed by atoms with Crippen molar-refractivity contribution in [2.24, 2.45) is 5.92 Å². The van der Waals surface area contributed by atoms with Crippen molar-refractivity contribution in [1.29, 1.82) is 0 Å². The van der Waals surface area contributed by atoms with E-state index in [0.29, 0.717) is 5.56 Å². The van der Waals surface area contributed by atoms with Crippen LogP contribution in [0.2, 0.25) is 0 Å². The van der Waals surface area contributed by atoms with Crippen LogP contribution >= 0.6 is 23.1 Å². The molecule has 0 radical (unpaired) electrons. The van der Waals surface area contributed by atoms with E-state index < -0.39 is 0 Å². The lowest BCUT2D eigenvalue weighted by molar-refractivity contribution is 0.102. The van der Waals surface area contributed by atoms with E-state index in [4.69, 9.17) is 0 Å². The number of rotatable bonds is 3. The summed E-state index contributed by atoms with van der Waals surface area (Å²) in [5.41, 5.74) is 1.85. The molecule has 1 heterocycles. The van der Waals surface area contributed by atoms with Crippen molar-refractivity contribution in [3.63, 3.8) is 0 Å². The first-order chi connectivity index (χ1) is 10.2. The highest BCUT2D eigenvalue weighted by Crippen LogP contribution is 2.32. The molecular weight excluding hydrogens is 300 g/mol. The van der Waals surface area contributed by atoms with E-state index in [1.807, 2.05) is 30.5 Å². The zero-order valence-corrected chi connectivity index (χ0v) is 13.8. The average molecular weight is 318 g/mol. The predicted octanol–water partition coefficient (Wildman–Crippen LogP) is 4.24. The van der Waals surface area contributed by atoms with Gasteiger partial charge in [-0.3, -0.25) is 10.1 Å². The highest BCUT2D eigenvalue weighted by molar-refractivity contribution is 7.98. The van der Waals surface area contributed by atoms with Gasteiger partial charge in [-0.05, 0) is 55.7 Å². The molecule has 0 saturated heterocycles. The number of thioether (sulfide) groups is 1. The summed E-state index contributed by atoms with van der Waals surface area (Å²) in [5, 5.41) is 3.66. The van der Waals surface area contributed by atoms with Gasteiger partial charge in [-0.15, -0.1) is 23.1 Å². The predicted molar refractivity (Wildman–Crippen MR) is 89.5 cm³/mol. The molecule has 0 unspecified atom stereocenters. The van der Waals surface area contributed by atoms with Crippen LogP contribution < -0.4 is 5.32 Å². The van der Waals surface area contributed by atoms with Gasteiger partial charge in [0.2, 0.25) is 0 Å². The van der Waals surface area contributed by atoms with E-state index in [0.717, 1.165) is 28.8 Å². The average Bonchev–Trinajstić information content (AvgIpc) is 2.88. The van der Waals surface area contributed by atoms with Crippen molar-refractivity contribution in [2.45, 2.75) is 31.1 Å². The second-order valence-electron chi connectivity index (χ2n) is 5.42. The van der Waals surface area contributed by atoms with Crippen LogP contribution in [0.25, 0.3) is 0 Å². The van der Waals surface area contributed by atoms with E-state index in [2.05, 4.69) is 17.2 Å². The Morgan fingerprint density at radius 3 is 2.86 bits per heavy atom. The fourth-order valence-corrected chi connectivity index (χ4v) is 4.08. The van der Waals surface area contributed by atoms with Crippen LogP contribution in [0.4, 0.5) is 5.13 Å². The molecule has 0 fully saturated rings. The molecule has 21 heavy (non-hydrogen) atoms. The van der Waals surface area contributed by atoms with E-state index >= 15 is 0 Å². The summed E-state index contributed by atoms with van der Waals surface area (Å²) < 4.78 is 0. The standard InChI is InChI=1S/C16H18N2OS2/c1-10-3-8-13-14(9-10)21-16(17-13)18-15(19)11-4-6-12(20-2)7-5-11/h4-7,10H,3,8-9H2,1-2H3,(H,17,18,19)/t10-/m1/s1. The fraction of sp³-hybridized carbons (Fsp3) is 0.375. The quantitative estimate of drug-likeness (QED) is 0.861. The Balaban J connectivity index is 1.72. The maximum Gasteiger partial charge on any atom is 0.257 e. The molecule has 1 aromatic heterocycles. The number of nitrogens with one attached hydrogen (secondary N) is 1. The molecule has 3 nitrogen and oxygen atoms in total. The minimum Gasteiger partial charge on any atom is -0.298 e. The Bertz CT molecular complexity index is 649. The number of carbonyl (C=O) groups is 1. The number of carbonyl (C=O) groups excluding carboxylic acids is 1. The van der Waals surface area contributed by atoms with E-state index in [1.165, 1.54) is 17.0 Å². The molecule has 1 aliphatic rings. The number of hydrogen-bond acceptors (Lipinski definition) is 4. The van der Waals surface area contributed by atoms with Gasteiger partial charge in [0.1, 0.15) is 0 Å². The number of aryl methyl sites for hydroxylation is 1. The van der Waals surface area contributed by atoms with Gasteiger partial charge in [-0.2, -0.15) is 0 Å². The minimum absolute atomic E-state index is 0.0817. The van der Waals surface area contributed by atoms with Gasteiger partial charge in [-0.25, -0.2) is 4.98 Å². The lowest BCUT2D eigenvalue weighted by atomic mass is 9.93. The van der Waals surface area contributed by atoms with Gasteiger partial charge in [0.05, 0.1) is 5.69 Å². The van der Waals surface area contributed by atoms with Gasteiger partial charge >= 0.3 is 0 Å². The van der Waals surface area contributed by atoms with Gasteiger partial charge in [0, 0.05) is 15.3 Å². The van der Waals surface area contributed by atoms with Crippen LogP contribution in [0.1, 0.15) is 34.3 Å². The molecule has 1 aromatic carbocycles. The Hall–Kier alpha value is -1.33. The third kappa shape index (κ3) is 3.30. The number of fused-ring (bicyclic) bond motifs is 1. The van der Waals surface area contributed by atoms with E-state index in [9.17, 15) is 4.79 Å². The first kappa shape index (κ1) is 14.6. The number of thiazole rings is 1. The summed E-state index contributed by atoms with van der Waals surface area (Å²) in [5.74, 6) is 0.641. The van der Waals surface area contributed by atoms with Crippen molar-refractivity contribution in [1.82, 2.24) is 4.98 Å². The molecule has 1 atom stereocenters.